The first-order chi connectivity index (χ1) is 15.3. The number of piperidine rings is 1. The molecule has 1 N–H and O–H groups in total. The Labute approximate surface area is 193 Å². The standard InChI is InChI=1S/C23H28N4O3S2/c1-17-16-31-23(24-17)21-13-20(14-27(21)15-22(28)26-11-7-4-8-12-26)32(29,30)25-18(2)19-9-5-3-6-10-19/h3,5-6,9-10,13-14,16,18,25H,4,7-8,11-12,15H2,1-2H3/t18-/m1/s1. The summed E-state index contributed by atoms with van der Waals surface area (Å²) in [6, 6.07) is 10.7. The quantitative estimate of drug-likeness (QED) is 0.564. The van der Waals surface area contributed by atoms with E-state index in [9.17, 15) is 13.2 Å². The molecule has 170 valence electrons. The molecule has 1 amide bonds. The fraction of sp³-hybridized carbons (Fsp3) is 0.391. The highest BCUT2D eigenvalue weighted by atomic mass is 32.2. The SMILES string of the molecule is Cc1csc(-c2cc(S(=O)(=O)N[C@H](C)c3ccccc3)cn2CC(=O)N2CCCCC2)n1. The lowest BCUT2D eigenvalue weighted by molar-refractivity contribution is -0.132. The van der Waals surface area contributed by atoms with Gasteiger partial charge in [0.15, 0.2) is 0 Å². The number of carbonyl (C=O) groups excluding carboxylic acids is 1. The summed E-state index contributed by atoms with van der Waals surface area (Å²) in [7, 11) is -3.79. The van der Waals surface area contributed by atoms with Crippen LogP contribution in [0.4, 0.5) is 0 Å². The van der Waals surface area contributed by atoms with E-state index in [-0.39, 0.29) is 23.4 Å². The first kappa shape index (κ1) is 22.7. The van der Waals surface area contributed by atoms with Gasteiger partial charge in [-0.25, -0.2) is 18.1 Å². The minimum absolute atomic E-state index is 0.00406. The molecule has 1 atom stereocenters. The maximum atomic E-state index is 13.2. The van der Waals surface area contributed by atoms with Gasteiger partial charge in [-0.3, -0.25) is 4.79 Å². The number of carbonyl (C=O) groups is 1. The zero-order valence-corrected chi connectivity index (χ0v) is 20.0. The Balaban J connectivity index is 1.63. The Morgan fingerprint density at radius 3 is 2.56 bits per heavy atom. The van der Waals surface area contributed by atoms with Gasteiger partial charge in [0.1, 0.15) is 16.4 Å². The lowest BCUT2D eigenvalue weighted by Gasteiger charge is -2.27. The zero-order chi connectivity index (χ0) is 22.7. The summed E-state index contributed by atoms with van der Waals surface area (Å²) in [4.78, 5) is 19.4. The molecule has 1 saturated heterocycles. The third-order valence-electron chi connectivity index (χ3n) is 5.67. The average Bonchev–Trinajstić information content (AvgIpc) is 3.41. The van der Waals surface area contributed by atoms with Gasteiger partial charge in [0.25, 0.3) is 0 Å². The van der Waals surface area contributed by atoms with Gasteiger partial charge >= 0.3 is 0 Å². The molecular weight excluding hydrogens is 444 g/mol. The number of benzene rings is 1. The first-order valence-electron chi connectivity index (χ1n) is 10.8. The van der Waals surface area contributed by atoms with Gasteiger partial charge in [0.05, 0.1) is 5.69 Å². The largest absolute Gasteiger partial charge is 0.341 e. The molecule has 0 spiro atoms. The van der Waals surface area contributed by atoms with Crippen LogP contribution in [0.5, 0.6) is 0 Å². The maximum absolute atomic E-state index is 13.2. The molecule has 0 bridgehead atoms. The summed E-state index contributed by atoms with van der Waals surface area (Å²) in [5.41, 5.74) is 2.38. The molecule has 7 nitrogen and oxygen atoms in total. The molecule has 1 aliphatic heterocycles. The molecule has 3 aromatic rings. The summed E-state index contributed by atoms with van der Waals surface area (Å²) in [5.74, 6) is 0.00406. The van der Waals surface area contributed by atoms with Crippen LogP contribution in [0, 0.1) is 6.92 Å². The molecule has 32 heavy (non-hydrogen) atoms. The maximum Gasteiger partial charge on any atom is 0.242 e. The molecule has 9 heteroatoms. The number of aromatic nitrogens is 2. The highest BCUT2D eigenvalue weighted by Crippen LogP contribution is 2.29. The van der Waals surface area contributed by atoms with Crippen LogP contribution in [0.25, 0.3) is 10.7 Å². The van der Waals surface area contributed by atoms with Crippen molar-refractivity contribution in [2.24, 2.45) is 0 Å². The second-order valence-electron chi connectivity index (χ2n) is 8.18. The van der Waals surface area contributed by atoms with Gasteiger partial charge in [-0.1, -0.05) is 30.3 Å². The smallest absolute Gasteiger partial charge is 0.242 e. The van der Waals surface area contributed by atoms with Gasteiger partial charge in [-0.15, -0.1) is 11.3 Å². The molecule has 0 unspecified atom stereocenters. The number of rotatable bonds is 7. The highest BCUT2D eigenvalue weighted by Gasteiger charge is 2.25. The van der Waals surface area contributed by atoms with E-state index >= 15 is 0 Å². The summed E-state index contributed by atoms with van der Waals surface area (Å²) in [6.45, 7) is 5.32. The predicted molar refractivity (Wildman–Crippen MR) is 126 cm³/mol. The van der Waals surface area contributed by atoms with E-state index in [0.717, 1.165) is 43.6 Å². The fourth-order valence-corrected chi connectivity index (χ4v) is 6.01. The van der Waals surface area contributed by atoms with Crippen LogP contribution in [-0.4, -0.2) is 41.9 Å². The van der Waals surface area contributed by atoms with Crippen molar-refractivity contribution in [3.05, 3.63) is 59.2 Å². The molecule has 0 saturated carbocycles. The van der Waals surface area contributed by atoms with Crippen molar-refractivity contribution in [1.29, 1.82) is 0 Å². The average molecular weight is 473 g/mol. The first-order valence-corrected chi connectivity index (χ1v) is 13.2. The second-order valence-corrected chi connectivity index (χ2v) is 10.8. The molecule has 1 fully saturated rings. The Bertz CT molecular complexity index is 1180. The van der Waals surface area contributed by atoms with Crippen molar-refractivity contribution >= 4 is 27.3 Å². The summed E-state index contributed by atoms with van der Waals surface area (Å²) in [5, 5.41) is 2.62. The minimum Gasteiger partial charge on any atom is -0.341 e. The molecule has 1 aromatic carbocycles. The van der Waals surface area contributed by atoms with Crippen LogP contribution in [0.1, 0.15) is 43.5 Å². The lowest BCUT2D eigenvalue weighted by Crippen LogP contribution is -2.37. The topological polar surface area (TPSA) is 84.3 Å². The van der Waals surface area contributed by atoms with Crippen LogP contribution in [0.15, 0.2) is 52.9 Å². The number of aryl methyl sites for hydroxylation is 1. The molecule has 4 rings (SSSR count). The van der Waals surface area contributed by atoms with Crippen molar-refractivity contribution in [1.82, 2.24) is 19.2 Å². The van der Waals surface area contributed by atoms with Crippen LogP contribution in [0.3, 0.4) is 0 Å². The fourth-order valence-electron chi connectivity index (χ4n) is 3.91. The van der Waals surface area contributed by atoms with Crippen molar-refractivity contribution in [2.45, 2.75) is 50.6 Å². The summed E-state index contributed by atoms with van der Waals surface area (Å²) < 4.78 is 30.8. The summed E-state index contributed by atoms with van der Waals surface area (Å²) in [6.07, 6.45) is 4.71. The number of hydrogen-bond acceptors (Lipinski definition) is 5. The van der Waals surface area contributed by atoms with E-state index in [1.807, 2.05) is 54.5 Å². The van der Waals surface area contributed by atoms with Crippen molar-refractivity contribution in [3.63, 3.8) is 0 Å². The normalized spacial score (nSPS) is 15.6. The van der Waals surface area contributed by atoms with Crippen molar-refractivity contribution < 1.29 is 13.2 Å². The van der Waals surface area contributed by atoms with Gasteiger partial charge in [-0.05, 0) is 44.7 Å². The van der Waals surface area contributed by atoms with Crippen molar-refractivity contribution in [3.8, 4) is 10.7 Å². The van der Waals surface area contributed by atoms with Crippen LogP contribution >= 0.6 is 11.3 Å². The van der Waals surface area contributed by atoms with Gasteiger partial charge < -0.3 is 9.47 Å². The molecule has 3 heterocycles. The van der Waals surface area contributed by atoms with Crippen LogP contribution in [0.2, 0.25) is 0 Å². The van der Waals surface area contributed by atoms with E-state index in [1.54, 1.807) is 16.8 Å². The van der Waals surface area contributed by atoms with Gasteiger partial charge in [0, 0.05) is 36.4 Å². The Kier molecular flexibility index (Phi) is 6.78. The van der Waals surface area contributed by atoms with E-state index in [1.165, 1.54) is 11.3 Å². The van der Waals surface area contributed by atoms with Crippen molar-refractivity contribution in [2.75, 3.05) is 13.1 Å². The Hall–Kier alpha value is -2.49. The predicted octanol–water partition coefficient (Wildman–Crippen LogP) is 3.97. The van der Waals surface area contributed by atoms with E-state index in [2.05, 4.69) is 9.71 Å². The number of amides is 1. The number of nitrogens with one attached hydrogen (secondary N) is 1. The minimum atomic E-state index is -3.79. The summed E-state index contributed by atoms with van der Waals surface area (Å²) >= 11 is 1.44. The molecule has 0 aliphatic carbocycles. The third kappa shape index (κ3) is 5.11. The van der Waals surface area contributed by atoms with Crippen LogP contribution in [-0.2, 0) is 21.4 Å². The Morgan fingerprint density at radius 2 is 1.91 bits per heavy atom. The monoisotopic (exact) mass is 472 g/mol. The molecule has 2 aromatic heterocycles. The van der Waals surface area contributed by atoms with Gasteiger partial charge in [-0.2, -0.15) is 0 Å². The Morgan fingerprint density at radius 1 is 1.19 bits per heavy atom. The van der Waals surface area contributed by atoms with Gasteiger partial charge in [0.2, 0.25) is 15.9 Å². The second kappa shape index (κ2) is 9.56. The number of thiazole rings is 1. The number of sulfonamides is 1. The highest BCUT2D eigenvalue weighted by molar-refractivity contribution is 7.89. The third-order valence-corrected chi connectivity index (χ3v) is 8.16. The molecular formula is C23H28N4O3S2. The number of likely N-dealkylation sites (tertiary alicyclic amines) is 1. The number of nitrogens with zero attached hydrogens (tertiary/aromatic N) is 3. The van der Waals surface area contributed by atoms with E-state index in [0.29, 0.717) is 10.7 Å². The van der Waals surface area contributed by atoms with Crippen LogP contribution < -0.4 is 4.72 Å². The lowest BCUT2D eigenvalue weighted by atomic mass is 10.1. The molecule has 0 radical (unpaired) electrons. The van der Waals surface area contributed by atoms with E-state index in [4.69, 9.17) is 0 Å². The van der Waals surface area contributed by atoms with E-state index < -0.39 is 10.0 Å². The molecule has 1 aliphatic rings. The number of hydrogen-bond donors (Lipinski definition) is 1. The zero-order valence-electron chi connectivity index (χ0n) is 18.3.